The summed E-state index contributed by atoms with van der Waals surface area (Å²) in [5, 5.41) is 8.88. The van der Waals surface area contributed by atoms with Gasteiger partial charge in [0.15, 0.2) is 0 Å². The second-order valence-corrected chi connectivity index (χ2v) is 4.99. The average molecular weight is 239 g/mol. The number of aromatic nitrogens is 1. The van der Waals surface area contributed by atoms with E-state index in [1.807, 2.05) is 11.8 Å². The van der Waals surface area contributed by atoms with E-state index in [0.29, 0.717) is 0 Å². The standard InChI is InChI=1S/C11H13NO3S/c13-10-4-3-8(11(14)15)6-12(10)9-2-1-5-16-7-9/h3-4,6,9H,1-2,5,7H2,(H,14,15). The van der Waals surface area contributed by atoms with Gasteiger partial charge in [-0.25, -0.2) is 4.79 Å². The van der Waals surface area contributed by atoms with Gasteiger partial charge in [0.1, 0.15) is 0 Å². The lowest BCUT2D eigenvalue weighted by Gasteiger charge is -2.23. The highest BCUT2D eigenvalue weighted by molar-refractivity contribution is 7.99. The van der Waals surface area contributed by atoms with E-state index in [1.165, 1.54) is 18.3 Å². The van der Waals surface area contributed by atoms with Gasteiger partial charge in [-0.05, 0) is 24.7 Å². The second kappa shape index (κ2) is 4.74. The van der Waals surface area contributed by atoms with E-state index in [9.17, 15) is 9.59 Å². The highest BCUT2D eigenvalue weighted by atomic mass is 32.2. The van der Waals surface area contributed by atoms with Crippen LogP contribution in [0.5, 0.6) is 0 Å². The Hall–Kier alpha value is -1.23. The van der Waals surface area contributed by atoms with E-state index in [0.717, 1.165) is 24.3 Å². The predicted molar refractivity (Wildman–Crippen MR) is 63.3 cm³/mol. The van der Waals surface area contributed by atoms with Crippen LogP contribution in [0.25, 0.3) is 0 Å². The molecule has 2 rings (SSSR count). The highest BCUT2D eigenvalue weighted by Gasteiger charge is 2.17. The number of carbonyl (C=O) groups is 1. The fourth-order valence-corrected chi connectivity index (χ4v) is 3.00. The minimum atomic E-state index is -0.989. The summed E-state index contributed by atoms with van der Waals surface area (Å²) < 4.78 is 1.57. The van der Waals surface area contributed by atoms with Crippen molar-refractivity contribution in [3.63, 3.8) is 0 Å². The maximum absolute atomic E-state index is 11.7. The molecule has 0 amide bonds. The topological polar surface area (TPSA) is 59.3 Å². The van der Waals surface area contributed by atoms with Crippen LogP contribution < -0.4 is 5.56 Å². The molecule has 1 unspecified atom stereocenters. The van der Waals surface area contributed by atoms with Crippen LogP contribution in [0.4, 0.5) is 0 Å². The number of rotatable bonds is 2. The highest BCUT2D eigenvalue weighted by Crippen LogP contribution is 2.25. The molecule has 1 saturated heterocycles. The first-order valence-electron chi connectivity index (χ1n) is 5.22. The summed E-state index contributed by atoms with van der Waals surface area (Å²) in [5.74, 6) is 1.03. The smallest absolute Gasteiger partial charge is 0.337 e. The first-order chi connectivity index (χ1) is 7.68. The largest absolute Gasteiger partial charge is 0.478 e. The SMILES string of the molecule is O=C(O)c1ccc(=O)n(C2CCCSC2)c1. The van der Waals surface area contributed by atoms with Gasteiger partial charge < -0.3 is 9.67 Å². The molecule has 1 aliphatic heterocycles. The third kappa shape index (κ3) is 2.29. The molecule has 0 aromatic carbocycles. The van der Waals surface area contributed by atoms with E-state index < -0.39 is 5.97 Å². The number of hydrogen-bond donors (Lipinski definition) is 1. The van der Waals surface area contributed by atoms with Crippen molar-refractivity contribution in [2.45, 2.75) is 18.9 Å². The Bertz CT molecular complexity index is 449. The van der Waals surface area contributed by atoms with E-state index in [4.69, 9.17) is 5.11 Å². The maximum atomic E-state index is 11.7. The molecule has 1 N–H and O–H groups in total. The number of hydrogen-bond acceptors (Lipinski definition) is 3. The first kappa shape index (κ1) is 11.3. The second-order valence-electron chi connectivity index (χ2n) is 3.84. The van der Waals surface area contributed by atoms with Crippen LogP contribution in [0.15, 0.2) is 23.1 Å². The van der Waals surface area contributed by atoms with Crippen molar-refractivity contribution < 1.29 is 9.90 Å². The van der Waals surface area contributed by atoms with Crippen LogP contribution in [-0.4, -0.2) is 27.1 Å². The van der Waals surface area contributed by atoms with E-state index in [-0.39, 0.29) is 17.2 Å². The zero-order valence-corrected chi connectivity index (χ0v) is 9.57. The predicted octanol–water partition coefficient (Wildman–Crippen LogP) is 1.61. The fourth-order valence-electron chi connectivity index (χ4n) is 1.86. The lowest BCUT2D eigenvalue weighted by molar-refractivity contribution is 0.0695. The summed E-state index contributed by atoms with van der Waals surface area (Å²) in [4.78, 5) is 22.5. The molecule has 1 aliphatic rings. The lowest BCUT2D eigenvalue weighted by atomic mass is 10.1. The van der Waals surface area contributed by atoms with Gasteiger partial charge in [0.2, 0.25) is 0 Å². The minimum absolute atomic E-state index is 0.113. The summed E-state index contributed by atoms with van der Waals surface area (Å²) in [6, 6.07) is 2.84. The van der Waals surface area contributed by atoms with E-state index >= 15 is 0 Å². The molecule has 1 fully saturated rings. The Morgan fingerprint density at radius 1 is 1.50 bits per heavy atom. The summed E-state index contributed by atoms with van der Waals surface area (Å²) >= 11 is 1.81. The van der Waals surface area contributed by atoms with Gasteiger partial charge in [0, 0.05) is 24.1 Å². The minimum Gasteiger partial charge on any atom is -0.478 e. The molecule has 0 spiro atoms. The van der Waals surface area contributed by atoms with Crippen LogP contribution in [0.1, 0.15) is 29.2 Å². The van der Waals surface area contributed by atoms with Crippen LogP contribution in [0, 0.1) is 0 Å². The molecule has 5 heteroatoms. The van der Waals surface area contributed by atoms with Crippen LogP contribution in [-0.2, 0) is 0 Å². The molecule has 86 valence electrons. The third-order valence-corrected chi connectivity index (χ3v) is 3.91. The van der Waals surface area contributed by atoms with Crippen molar-refractivity contribution in [3.8, 4) is 0 Å². The Morgan fingerprint density at radius 2 is 2.31 bits per heavy atom. The van der Waals surface area contributed by atoms with Crippen molar-refractivity contribution in [1.29, 1.82) is 0 Å². The normalized spacial score (nSPS) is 20.6. The molecule has 4 nitrogen and oxygen atoms in total. The van der Waals surface area contributed by atoms with E-state index in [1.54, 1.807) is 4.57 Å². The Balaban J connectivity index is 2.34. The Labute approximate surface area is 97.3 Å². The number of nitrogens with zero attached hydrogens (tertiary/aromatic N) is 1. The molecular weight excluding hydrogens is 226 g/mol. The van der Waals surface area contributed by atoms with Crippen molar-refractivity contribution in [2.75, 3.05) is 11.5 Å². The Morgan fingerprint density at radius 3 is 2.94 bits per heavy atom. The van der Waals surface area contributed by atoms with Crippen molar-refractivity contribution in [1.82, 2.24) is 4.57 Å². The number of carboxylic acid groups (broad SMARTS) is 1. The molecular formula is C11H13NO3S. The molecule has 0 saturated carbocycles. The number of pyridine rings is 1. The molecule has 0 bridgehead atoms. The summed E-state index contributed by atoms with van der Waals surface area (Å²) in [6.45, 7) is 0. The third-order valence-electron chi connectivity index (χ3n) is 2.71. The number of carboxylic acids is 1. The van der Waals surface area contributed by atoms with Crippen LogP contribution in [0.3, 0.4) is 0 Å². The monoisotopic (exact) mass is 239 g/mol. The lowest BCUT2D eigenvalue weighted by Crippen LogP contribution is -2.28. The quantitative estimate of drug-likeness (QED) is 0.852. The van der Waals surface area contributed by atoms with Crippen LogP contribution >= 0.6 is 11.8 Å². The molecule has 0 radical (unpaired) electrons. The average Bonchev–Trinajstić information content (AvgIpc) is 2.30. The van der Waals surface area contributed by atoms with Crippen molar-refractivity contribution >= 4 is 17.7 Å². The number of thioether (sulfide) groups is 1. The van der Waals surface area contributed by atoms with Gasteiger partial charge >= 0.3 is 5.97 Å². The fraction of sp³-hybridized carbons (Fsp3) is 0.455. The van der Waals surface area contributed by atoms with Crippen molar-refractivity contribution in [3.05, 3.63) is 34.2 Å². The van der Waals surface area contributed by atoms with E-state index in [2.05, 4.69) is 0 Å². The van der Waals surface area contributed by atoms with Gasteiger partial charge in [0.25, 0.3) is 5.56 Å². The molecule has 1 atom stereocenters. The van der Waals surface area contributed by atoms with Crippen molar-refractivity contribution in [2.24, 2.45) is 0 Å². The van der Waals surface area contributed by atoms with Crippen LogP contribution in [0.2, 0.25) is 0 Å². The molecule has 2 heterocycles. The zero-order valence-electron chi connectivity index (χ0n) is 8.76. The number of aromatic carboxylic acids is 1. The van der Waals surface area contributed by atoms with Gasteiger partial charge in [0.05, 0.1) is 5.56 Å². The molecule has 16 heavy (non-hydrogen) atoms. The maximum Gasteiger partial charge on any atom is 0.337 e. The molecule has 1 aromatic heterocycles. The zero-order chi connectivity index (χ0) is 11.5. The first-order valence-corrected chi connectivity index (χ1v) is 6.37. The van der Waals surface area contributed by atoms with Gasteiger partial charge in [-0.15, -0.1) is 0 Å². The van der Waals surface area contributed by atoms with Gasteiger partial charge in [-0.2, -0.15) is 11.8 Å². The van der Waals surface area contributed by atoms with Gasteiger partial charge in [-0.3, -0.25) is 4.79 Å². The summed E-state index contributed by atoms with van der Waals surface area (Å²) in [6.07, 6.45) is 3.50. The Kier molecular flexibility index (Phi) is 3.33. The summed E-state index contributed by atoms with van der Waals surface area (Å²) in [5.41, 5.74) is 0.0627. The van der Waals surface area contributed by atoms with Gasteiger partial charge in [-0.1, -0.05) is 0 Å². The molecule has 0 aliphatic carbocycles. The summed E-state index contributed by atoms with van der Waals surface area (Å²) in [7, 11) is 0. The molecule has 1 aromatic rings.